The standard InChI is InChI=1S/C16H18O/c1-3-11-7-6-10-14-12-8-4-5-9-13(12)15(17)16(11,14)2/h1,4-5,8-9,11,14-15,17H,6-7,10H2,2H3/t11-,14-,15+,16+/m0/s1. The minimum atomic E-state index is -0.398. The van der Waals surface area contributed by atoms with Gasteiger partial charge in [-0.3, -0.25) is 0 Å². The minimum absolute atomic E-state index is 0.156. The van der Waals surface area contributed by atoms with Crippen molar-refractivity contribution in [1.29, 1.82) is 0 Å². The summed E-state index contributed by atoms with van der Waals surface area (Å²) in [5.74, 6) is 3.55. The van der Waals surface area contributed by atoms with Gasteiger partial charge in [0.25, 0.3) is 0 Å². The molecule has 1 aromatic carbocycles. The van der Waals surface area contributed by atoms with E-state index in [1.165, 1.54) is 12.0 Å². The summed E-state index contributed by atoms with van der Waals surface area (Å²) in [4.78, 5) is 0. The molecule has 0 bridgehead atoms. The summed E-state index contributed by atoms with van der Waals surface area (Å²) >= 11 is 0. The Kier molecular flexibility index (Phi) is 2.31. The first-order valence-electron chi connectivity index (χ1n) is 6.42. The summed E-state index contributed by atoms with van der Waals surface area (Å²) in [6, 6.07) is 8.29. The van der Waals surface area contributed by atoms with Gasteiger partial charge >= 0.3 is 0 Å². The molecule has 0 aliphatic heterocycles. The van der Waals surface area contributed by atoms with Gasteiger partial charge in [-0.15, -0.1) is 12.3 Å². The topological polar surface area (TPSA) is 20.2 Å². The van der Waals surface area contributed by atoms with Gasteiger partial charge in [-0.1, -0.05) is 37.6 Å². The van der Waals surface area contributed by atoms with Gasteiger partial charge in [-0.05, 0) is 29.9 Å². The smallest absolute Gasteiger partial charge is 0.0864 e. The van der Waals surface area contributed by atoms with Gasteiger partial charge in [0.1, 0.15) is 0 Å². The van der Waals surface area contributed by atoms with Crippen LogP contribution >= 0.6 is 0 Å². The highest BCUT2D eigenvalue weighted by molar-refractivity contribution is 5.42. The predicted octanol–water partition coefficient (Wildman–Crippen LogP) is 3.26. The van der Waals surface area contributed by atoms with Gasteiger partial charge in [0, 0.05) is 11.3 Å². The lowest BCUT2D eigenvalue weighted by Gasteiger charge is -2.43. The van der Waals surface area contributed by atoms with E-state index in [1.54, 1.807) is 0 Å². The van der Waals surface area contributed by atoms with Gasteiger partial charge in [0.05, 0.1) is 6.10 Å². The number of benzene rings is 1. The Morgan fingerprint density at radius 3 is 2.71 bits per heavy atom. The first kappa shape index (κ1) is 10.9. The Labute approximate surface area is 103 Å². The van der Waals surface area contributed by atoms with Crippen molar-refractivity contribution in [3.63, 3.8) is 0 Å². The largest absolute Gasteiger partial charge is 0.388 e. The summed E-state index contributed by atoms with van der Waals surface area (Å²) < 4.78 is 0. The molecular formula is C16H18O. The van der Waals surface area contributed by atoms with Crippen LogP contribution in [-0.2, 0) is 0 Å². The summed E-state index contributed by atoms with van der Waals surface area (Å²) in [6.45, 7) is 2.17. The third kappa shape index (κ3) is 1.25. The fourth-order valence-corrected chi connectivity index (χ4v) is 3.94. The van der Waals surface area contributed by atoms with Crippen molar-refractivity contribution in [1.82, 2.24) is 0 Å². The van der Waals surface area contributed by atoms with Crippen molar-refractivity contribution in [2.24, 2.45) is 11.3 Å². The number of aliphatic hydroxyl groups is 1. The molecular weight excluding hydrogens is 208 g/mol. The molecule has 1 heteroatoms. The average Bonchev–Trinajstić information content (AvgIpc) is 2.59. The lowest BCUT2D eigenvalue weighted by molar-refractivity contribution is -0.0145. The van der Waals surface area contributed by atoms with Gasteiger partial charge < -0.3 is 5.11 Å². The fraction of sp³-hybridized carbons (Fsp3) is 0.500. The van der Waals surface area contributed by atoms with E-state index in [-0.39, 0.29) is 11.3 Å². The number of hydrogen-bond donors (Lipinski definition) is 1. The first-order chi connectivity index (χ1) is 8.19. The van der Waals surface area contributed by atoms with Crippen molar-refractivity contribution in [3.8, 4) is 12.3 Å². The SMILES string of the molecule is C#C[C@H]1CCC[C@H]2c3ccccc3[C@@H](O)[C@]12C. The van der Waals surface area contributed by atoms with Crippen LogP contribution in [0.3, 0.4) is 0 Å². The molecule has 0 radical (unpaired) electrons. The molecule has 0 aromatic heterocycles. The third-order valence-electron chi connectivity index (χ3n) is 4.94. The molecule has 1 N–H and O–H groups in total. The van der Waals surface area contributed by atoms with Crippen LogP contribution in [0.15, 0.2) is 24.3 Å². The van der Waals surface area contributed by atoms with Crippen LogP contribution in [0.5, 0.6) is 0 Å². The molecule has 0 unspecified atom stereocenters. The average molecular weight is 226 g/mol. The van der Waals surface area contributed by atoms with E-state index in [9.17, 15) is 5.11 Å². The fourth-order valence-electron chi connectivity index (χ4n) is 3.94. The lowest BCUT2D eigenvalue weighted by atomic mass is 9.61. The third-order valence-corrected chi connectivity index (χ3v) is 4.94. The van der Waals surface area contributed by atoms with E-state index in [2.05, 4.69) is 31.0 Å². The molecule has 4 atom stereocenters. The zero-order chi connectivity index (χ0) is 12.0. The highest BCUT2D eigenvalue weighted by Gasteiger charge is 2.54. The summed E-state index contributed by atoms with van der Waals surface area (Å²) in [7, 11) is 0. The van der Waals surface area contributed by atoms with Gasteiger partial charge in [0.15, 0.2) is 0 Å². The van der Waals surface area contributed by atoms with Crippen LogP contribution < -0.4 is 0 Å². The van der Waals surface area contributed by atoms with Crippen molar-refractivity contribution in [3.05, 3.63) is 35.4 Å². The minimum Gasteiger partial charge on any atom is -0.388 e. The maximum absolute atomic E-state index is 10.6. The quantitative estimate of drug-likeness (QED) is 0.673. The van der Waals surface area contributed by atoms with Gasteiger partial charge in [0.2, 0.25) is 0 Å². The predicted molar refractivity (Wildman–Crippen MR) is 68.4 cm³/mol. The molecule has 3 rings (SSSR count). The maximum atomic E-state index is 10.6. The molecule has 2 aliphatic carbocycles. The van der Waals surface area contributed by atoms with Crippen LogP contribution in [0.1, 0.15) is 49.3 Å². The van der Waals surface area contributed by atoms with Crippen LogP contribution in [0, 0.1) is 23.7 Å². The van der Waals surface area contributed by atoms with E-state index < -0.39 is 6.10 Å². The summed E-state index contributed by atoms with van der Waals surface area (Å²) in [6.07, 6.45) is 8.66. The molecule has 88 valence electrons. The number of hydrogen-bond acceptors (Lipinski definition) is 1. The van der Waals surface area contributed by atoms with E-state index in [1.807, 2.05) is 6.07 Å². The molecule has 1 fully saturated rings. The normalized spacial score (nSPS) is 39.2. The lowest BCUT2D eigenvalue weighted by Crippen LogP contribution is -2.37. The van der Waals surface area contributed by atoms with Gasteiger partial charge in [-0.2, -0.15) is 0 Å². The highest BCUT2D eigenvalue weighted by Crippen LogP contribution is 2.62. The van der Waals surface area contributed by atoms with E-state index in [0.29, 0.717) is 5.92 Å². The maximum Gasteiger partial charge on any atom is 0.0864 e. The van der Waals surface area contributed by atoms with E-state index >= 15 is 0 Å². The first-order valence-corrected chi connectivity index (χ1v) is 6.42. The Hall–Kier alpha value is -1.26. The van der Waals surface area contributed by atoms with Crippen molar-refractivity contribution >= 4 is 0 Å². The number of aliphatic hydroxyl groups excluding tert-OH is 1. The van der Waals surface area contributed by atoms with Gasteiger partial charge in [-0.25, -0.2) is 0 Å². The summed E-state index contributed by atoms with van der Waals surface area (Å²) in [5.41, 5.74) is 2.26. The Morgan fingerprint density at radius 2 is 2.00 bits per heavy atom. The second-order valence-electron chi connectivity index (χ2n) is 5.60. The molecule has 0 saturated heterocycles. The molecule has 0 heterocycles. The number of rotatable bonds is 0. The van der Waals surface area contributed by atoms with E-state index in [4.69, 9.17) is 6.42 Å². The molecule has 0 spiro atoms. The summed E-state index contributed by atoms with van der Waals surface area (Å²) in [5, 5.41) is 10.6. The van der Waals surface area contributed by atoms with Crippen molar-refractivity contribution < 1.29 is 5.11 Å². The monoisotopic (exact) mass is 226 g/mol. The van der Waals surface area contributed by atoms with E-state index in [0.717, 1.165) is 18.4 Å². The molecule has 1 saturated carbocycles. The van der Waals surface area contributed by atoms with Crippen LogP contribution in [0.2, 0.25) is 0 Å². The van der Waals surface area contributed by atoms with Crippen LogP contribution in [-0.4, -0.2) is 5.11 Å². The molecule has 0 amide bonds. The Bertz CT molecular complexity index is 485. The number of fused-ring (bicyclic) bond motifs is 3. The van der Waals surface area contributed by atoms with Crippen LogP contribution in [0.25, 0.3) is 0 Å². The highest BCUT2D eigenvalue weighted by atomic mass is 16.3. The van der Waals surface area contributed by atoms with Crippen molar-refractivity contribution in [2.75, 3.05) is 0 Å². The second-order valence-corrected chi connectivity index (χ2v) is 5.60. The molecule has 17 heavy (non-hydrogen) atoms. The van der Waals surface area contributed by atoms with Crippen molar-refractivity contribution in [2.45, 2.75) is 38.2 Å². The second kappa shape index (κ2) is 3.62. The zero-order valence-corrected chi connectivity index (χ0v) is 10.2. The number of terminal acetylenes is 1. The molecule has 1 aromatic rings. The Balaban J connectivity index is 2.15. The molecule has 2 aliphatic rings. The Morgan fingerprint density at radius 1 is 1.29 bits per heavy atom. The van der Waals surface area contributed by atoms with Crippen LogP contribution in [0.4, 0.5) is 0 Å². The molecule has 1 nitrogen and oxygen atoms in total. The zero-order valence-electron chi connectivity index (χ0n) is 10.2.